The van der Waals surface area contributed by atoms with Crippen molar-refractivity contribution in [1.82, 2.24) is 0 Å². The topological polar surface area (TPSA) is 47.6 Å². The summed E-state index contributed by atoms with van der Waals surface area (Å²) in [6.07, 6.45) is 2.17. The minimum absolute atomic E-state index is 0.0849. The number of hydrogen-bond acceptors (Lipinski definition) is 5. The van der Waals surface area contributed by atoms with Crippen LogP contribution in [0.4, 0.5) is 10.1 Å². The van der Waals surface area contributed by atoms with E-state index in [1.807, 2.05) is 32.0 Å². The number of carbonyl (C=O) groups excluding carboxylic acids is 1. The molecule has 0 atom stereocenters. The number of ether oxygens (including phenoxy) is 2. The Morgan fingerprint density at radius 2 is 1.82 bits per heavy atom. The van der Waals surface area contributed by atoms with Crippen LogP contribution in [0.25, 0.3) is 16.7 Å². The smallest absolute Gasteiger partial charge is 0.348 e. The minimum atomic E-state index is -0.371. The van der Waals surface area contributed by atoms with Gasteiger partial charge in [-0.2, -0.15) is 0 Å². The van der Waals surface area contributed by atoms with Gasteiger partial charge < -0.3 is 14.8 Å². The zero-order valence-electron chi connectivity index (χ0n) is 19.8. The lowest BCUT2D eigenvalue weighted by Gasteiger charge is -2.33. The summed E-state index contributed by atoms with van der Waals surface area (Å²) in [4.78, 5) is 14.6. The zero-order chi connectivity index (χ0) is 23.9. The number of esters is 1. The molecule has 1 N–H and O–H groups in total. The number of nitrogens with one attached hydrogen (secondary N) is 1. The van der Waals surface area contributed by atoms with Crippen molar-refractivity contribution >= 4 is 28.6 Å². The number of anilines is 1. The molecule has 3 aromatic rings. The molecule has 0 spiro atoms. The van der Waals surface area contributed by atoms with Crippen molar-refractivity contribution in [3.63, 3.8) is 0 Å². The monoisotopic (exact) mass is 465 g/mol. The number of thiophene rings is 1. The third-order valence-electron chi connectivity index (χ3n) is 5.77. The van der Waals surface area contributed by atoms with Gasteiger partial charge in [-0.05, 0) is 75.6 Å². The Hall–Kier alpha value is -3.12. The molecule has 1 aliphatic heterocycles. The van der Waals surface area contributed by atoms with Gasteiger partial charge in [-0.3, -0.25) is 0 Å². The molecular weight excluding hydrogens is 437 g/mol. The van der Waals surface area contributed by atoms with Crippen LogP contribution in [0, 0.1) is 19.7 Å². The molecule has 0 radical (unpaired) electrons. The van der Waals surface area contributed by atoms with Crippen molar-refractivity contribution in [3.05, 3.63) is 74.7 Å². The van der Waals surface area contributed by atoms with Crippen molar-refractivity contribution in [1.29, 1.82) is 0 Å². The fourth-order valence-corrected chi connectivity index (χ4v) is 5.46. The molecule has 0 aliphatic carbocycles. The molecule has 1 aromatic heterocycles. The quantitative estimate of drug-likeness (QED) is 0.407. The van der Waals surface area contributed by atoms with E-state index in [2.05, 4.69) is 32.2 Å². The number of halogens is 1. The molecule has 4 rings (SSSR count). The van der Waals surface area contributed by atoms with E-state index in [1.165, 1.54) is 30.6 Å². The van der Waals surface area contributed by atoms with E-state index in [0.29, 0.717) is 10.6 Å². The van der Waals surface area contributed by atoms with Crippen LogP contribution in [0.2, 0.25) is 0 Å². The fraction of sp³-hybridized carbons (Fsp3) is 0.296. The summed E-state index contributed by atoms with van der Waals surface area (Å²) in [7, 11) is 1.52. The lowest BCUT2D eigenvalue weighted by Crippen LogP contribution is -2.32. The van der Waals surface area contributed by atoms with Crippen LogP contribution < -0.4 is 10.1 Å². The van der Waals surface area contributed by atoms with Crippen LogP contribution in [0.15, 0.2) is 42.5 Å². The van der Waals surface area contributed by atoms with Crippen molar-refractivity contribution in [3.8, 4) is 16.9 Å². The molecule has 0 saturated carbocycles. The molecule has 172 valence electrons. The zero-order valence-corrected chi connectivity index (χ0v) is 20.6. The molecule has 0 amide bonds. The van der Waals surface area contributed by atoms with E-state index in [0.717, 1.165) is 44.0 Å². The van der Waals surface area contributed by atoms with Crippen molar-refractivity contribution < 1.29 is 18.7 Å². The third-order valence-corrected chi connectivity index (χ3v) is 6.90. The number of carbonyl (C=O) groups is 1. The van der Waals surface area contributed by atoms with Crippen LogP contribution in [-0.4, -0.2) is 18.6 Å². The van der Waals surface area contributed by atoms with Crippen molar-refractivity contribution in [2.24, 2.45) is 0 Å². The molecule has 2 aromatic carbocycles. The van der Waals surface area contributed by atoms with Gasteiger partial charge in [-0.1, -0.05) is 12.1 Å². The summed E-state index contributed by atoms with van der Waals surface area (Å²) < 4.78 is 25.2. The minimum Gasteiger partial charge on any atom is -0.496 e. The average molecular weight is 466 g/mol. The third kappa shape index (κ3) is 4.53. The maximum atomic E-state index is 13.9. The highest BCUT2D eigenvalue weighted by molar-refractivity contribution is 7.14. The summed E-state index contributed by atoms with van der Waals surface area (Å²) in [6.45, 7) is 10.3. The van der Waals surface area contributed by atoms with Crippen LogP contribution >= 0.6 is 11.3 Å². The number of allylic oxidation sites excluding steroid dienone is 1. The first-order chi connectivity index (χ1) is 15.6. The van der Waals surface area contributed by atoms with Crippen LogP contribution in [0.5, 0.6) is 5.75 Å². The predicted octanol–water partition coefficient (Wildman–Crippen LogP) is 7.14. The molecular formula is C27H28FNO3S. The van der Waals surface area contributed by atoms with E-state index in [9.17, 15) is 9.18 Å². The van der Waals surface area contributed by atoms with Crippen LogP contribution in [-0.2, 0) is 11.3 Å². The van der Waals surface area contributed by atoms with Gasteiger partial charge in [0.15, 0.2) is 0 Å². The molecule has 2 heterocycles. The number of rotatable bonds is 5. The predicted molar refractivity (Wildman–Crippen MR) is 133 cm³/mol. The summed E-state index contributed by atoms with van der Waals surface area (Å²) in [5, 5.41) is 3.55. The molecule has 0 unspecified atom stereocenters. The number of aryl methyl sites for hydroxylation is 2. The van der Waals surface area contributed by atoms with E-state index >= 15 is 0 Å². The van der Waals surface area contributed by atoms with Crippen LogP contribution in [0.3, 0.4) is 0 Å². The first-order valence-electron chi connectivity index (χ1n) is 10.8. The first-order valence-corrected chi connectivity index (χ1v) is 11.6. The van der Waals surface area contributed by atoms with Gasteiger partial charge in [0.25, 0.3) is 0 Å². The Kier molecular flexibility index (Phi) is 6.06. The molecule has 1 aliphatic rings. The van der Waals surface area contributed by atoms with Crippen molar-refractivity contribution in [2.45, 2.75) is 46.8 Å². The summed E-state index contributed by atoms with van der Waals surface area (Å²) in [6, 6.07) is 10.5. The molecule has 4 nitrogen and oxygen atoms in total. The number of methoxy groups -OCH3 is 1. The maximum absolute atomic E-state index is 13.9. The lowest BCUT2D eigenvalue weighted by molar-refractivity contribution is 0.0478. The normalized spacial score (nSPS) is 14.2. The summed E-state index contributed by atoms with van der Waals surface area (Å²) >= 11 is 1.43. The maximum Gasteiger partial charge on any atom is 0.348 e. The van der Waals surface area contributed by atoms with Crippen LogP contribution in [0.1, 0.15) is 52.0 Å². The Labute approximate surface area is 198 Å². The Bertz CT molecular complexity index is 1270. The van der Waals surface area contributed by atoms with E-state index in [-0.39, 0.29) is 23.9 Å². The van der Waals surface area contributed by atoms with Gasteiger partial charge in [-0.25, -0.2) is 9.18 Å². The summed E-state index contributed by atoms with van der Waals surface area (Å²) in [5.74, 6) is -0.284. The largest absolute Gasteiger partial charge is 0.496 e. The second kappa shape index (κ2) is 8.67. The van der Waals surface area contributed by atoms with E-state index in [1.54, 1.807) is 6.07 Å². The first kappa shape index (κ1) is 23.1. The highest BCUT2D eigenvalue weighted by atomic mass is 32.1. The molecule has 0 fully saturated rings. The number of hydrogen-bond donors (Lipinski definition) is 1. The SMILES string of the molecule is COc1cc(F)ccc1-c1ccc2c(c1COC(=O)c1sc(C)cc1C)C(C)=CC(C)(C)N2. The van der Waals surface area contributed by atoms with E-state index in [4.69, 9.17) is 9.47 Å². The number of benzene rings is 2. The lowest BCUT2D eigenvalue weighted by atomic mass is 9.85. The molecule has 6 heteroatoms. The standard InChI is InChI=1S/C27H28FNO3S/c1-15-11-17(3)33-25(15)26(30)32-14-21-19(20-8-7-18(28)12-23(20)31-6)9-10-22-24(21)16(2)13-27(4,5)29-22/h7-13,29H,14H2,1-6H3. The van der Waals surface area contributed by atoms with Gasteiger partial charge in [0.05, 0.1) is 12.6 Å². The van der Waals surface area contributed by atoms with Gasteiger partial charge in [0, 0.05) is 33.3 Å². The van der Waals surface area contributed by atoms with Gasteiger partial charge in [0.1, 0.15) is 23.1 Å². The fourth-order valence-electron chi connectivity index (χ4n) is 4.54. The second-order valence-electron chi connectivity index (χ2n) is 8.98. The molecule has 0 saturated heterocycles. The van der Waals surface area contributed by atoms with Gasteiger partial charge in [0.2, 0.25) is 0 Å². The molecule has 33 heavy (non-hydrogen) atoms. The Morgan fingerprint density at radius 3 is 2.48 bits per heavy atom. The Balaban J connectivity index is 1.82. The van der Waals surface area contributed by atoms with Crippen molar-refractivity contribution in [2.75, 3.05) is 12.4 Å². The Morgan fingerprint density at radius 1 is 1.09 bits per heavy atom. The molecule has 0 bridgehead atoms. The van der Waals surface area contributed by atoms with Gasteiger partial charge in [-0.15, -0.1) is 11.3 Å². The highest BCUT2D eigenvalue weighted by Gasteiger charge is 2.27. The van der Waals surface area contributed by atoms with Gasteiger partial charge >= 0.3 is 5.97 Å². The summed E-state index contributed by atoms with van der Waals surface area (Å²) in [5.41, 5.74) is 6.20. The highest BCUT2D eigenvalue weighted by Crippen LogP contribution is 2.43. The second-order valence-corrected chi connectivity index (χ2v) is 10.2. The number of fused-ring (bicyclic) bond motifs is 1. The average Bonchev–Trinajstić information content (AvgIpc) is 3.08. The van der Waals surface area contributed by atoms with E-state index < -0.39 is 0 Å².